The van der Waals surface area contributed by atoms with E-state index in [0.29, 0.717) is 0 Å². The summed E-state index contributed by atoms with van der Waals surface area (Å²) in [6, 6.07) is 10.1. The molecule has 0 aliphatic heterocycles. The normalized spacial score (nSPS) is 15.7. The lowest BCUT2D eigenvalue weighted by Crippen LogP contribution is -2.19. The first-order valence-electron chi connectivity index (χ1n) is 5.90. The highest BCUT2D eigenvalue weighted by Crippen LogP contribution is 2.49. The molecule has 98 valence electrons. The van der Waals surface area contributed by atoms with Crippen molar-refractivity contribution in [2.75, 3.05) is 20.8 Å². The second-order valence-electron chi connectivity index (χ2n) is 3.65. The van der Waals surface area contributed by atoms with E-state index in [4.69, 9.17) is 4.52 Å². The van der Waals surface area contributed by atoms with Crippen LogP contribution in [0.25, 0.3) is 0 Å². The van der Waals surface area contributed by atoms with Crippen molar-refractivity contribution in [3.8, 4) is 0 Å². The van der Waals surface area contributed by atoms with Crippen molar-refractivity contribution < 1.29 is 9.09 Å². The second kappa shape index (κ2) is 7.65. The zero-order valence-electron chi connectivity index (χ0n) is 11.7. The Hall–Kier alpha value is -0.630. The standard InChI is InChI=1S/C11H18NO2P.C2H6/c1-10(11-8-6-5-7-9-11)12(2)15(4,13)14-3;1-2/h5-10H,1-4H3;1-2H3. The fourth-order valence-electron chi connectivity index (χ4n) is 1.39. The first-order valence-corrected chi connectivity index (χ1v) is 7.93. The summed E-state index contributed by atoms with van der Waals surface area (Å²) in [5.41, 5.74) is 1.14. The summed E-state index contributed by atoms with van der Waals surface area (Å²) < 4.78 is 18.8. The predicted octanol–water partition coefficient (Wildman–Crippen LogP) is 4.17. The van der Waals surface area contributed by atoms with Crippen molar-refractivity contribution in [2.24, 2.45) is 0 Å². The van der Waals surface area contributed by atoms with Crippen LogP contribution in [0.3, 0.4) is 0 Å². The van der Waals surface area contributed by atoms with Gasteiger partial charge in [0.05, 0.1) is 0 Å². The maximum absolute atomic E-state index is 12.0. The highest BCUT2D eigenvalue weighted by molar-refractivity contribution is 7.55. The molecule has 17 heavy (non-hydrogen) atoms. The maximum atomic E-state index is 12.0. The highest BCUT2D eigenvalue weighted by Gasteiger charge is 2.26. The van der Waals surface area contributed by atoms with Gasteiger partial charge in [-0.3, -0.25) is 4.57 Å². The Morgan fingerprint density at radius 2 is 1.71 bits per heavy atom. The molecule has 0 amide bonds. The smallest absolute Gasteiger partial charge is 0.269 e. The van der Waals surface area contributed by atoms with Gasteiger partial charge in [-0.15, -0.1) is 0 Å². The summed E-state index contributed by atoms with van der Waals surface area (Å²) in [5, 5.41) is 0. The van der Waals surface area contributed by atoms with Crippen LogP contribution in [0.2, 0.25) is 0 Å². The maximum Gasteiger partial charge on any atom is 0.269 e. The van der Waals surface area contributed by atoms with Crippen LogP contribution >= 0.6 is 7.52 Å². The third-order valence-corrected chi connectivity index (χ3v) is 4.92. The molecule has 3 nitrogen and oxygen atoms in total. The predicted molar refractivity (Wildman–Crippen MR) is 74.5 cm³/mol. The van der Waals surface area contributed by atoms with Crippen LogP contribution in [0, 0.1) is 0 Å². The molecule has 0 saturated heterocycles. The lowest BCUT2D eigenvalue weighted by Gasteiger charge is -2.29. The molecule has 0 aliphatic carbocycles. The van der Waals surface area contributed by atoms with Crippen molar-refractivity contribution in [3.05, 3.63) is 35.9 Å². The van der Waals surface area contributed by atoms with Crippen molar-refractivity contribution >= 4 is 7.52 Å². The molecule has 0 aliphatic rings. The molecule has 0 saturated carbocycles. The first-order chi connectivity index (χ1) is 7.99. The molecule has 0 fully saturated rings. The van der Waals surface area contributed by atoms with Crippen LogP contribution in [-0.2, 0) is 9.09 Å². The van der Waals surface area contributed by atoms with Gasteiger partial charge in [-0.2, -0.15) is 0 Å². The monoisotopic (exact) mass is 257 g/mol. The molecular formula is C13H24NO2P. The Labute approximate surface area is 105 Å². The summed E-state index contributed by atoms with van der Waals surface area (Å²) in [6.07, 6.45) is 0. The van der Waals surface area contributed by atoms with Gasteiger partial charge in [-0.05, 0) is 19.5 Å². The number of hydrogen-bond donors (Lipinski definition) is 0. The van der Waals surface area contributed by atoms with Crippen LogP contribution in [0.15, 0.2) is 30.3 Å². The minimum atomic E-state index is -2.65. The van der Waals surface area contributed by atoms with Crippen LogP contribution in [-0.4, -0.2) is 25.5 Å². The Morgan fingerprint density at radius 3 is 2.12 bits per heavy atom. The van der Waals surface area contributed by atoms with Crippen molar-refractivity contribution in [1.82, 2.24) is 4.67 Å². The summed E-state index contributed by atoms with van der Waals surface area (Å²) in [5.74, 6) is 0. The number of nitrogens with zero attached hydrogens (tertiary/aromatic N) is 1. The average Bonchev–Trinajstić information content (AvgIpc) is 2.40. The largest absolute Gasteiger partial charge is 0.321 e. The van der Waals surface area contributed by atoms with E-state index in [9.17, 15) is 4.57 Å². The van der Waals surface area contributed by atoms with Crippen LogP contribution in [0.4, 0.5) is 0 Å². The summed E-state index contributed by atoms with van der Waals surface area (Å²) in [4.78, 5) is 0. The Balaban J connectivity index is 0.00000121. The van der Waals surface area contributed by atoms with Gasteiger partial charge < -0.3 is 4.52 Å². The van der Waals surface area contributed by atoms with E-state index in [1.807, 2.05) is 58.2 Å². The van der Waals surface area contributed by atoms with Crippen LogP contribution < -0.4 is 0 Å². The average molecular weight is 257 g/mol. The molecule has 0 spiro atoms. The van der Waals surface area contributed by atoms with E-state index in [2.05, 4.69) is 0 Å². The van der Waals surface area contributed by atoms with Crippen molar-refractivity contribution in [2.45, 2.75) is 26.8 Å². The minimum Gasteiger partial charge on any atom is -0.321 e. The van der Waals surface area contributed by atoms with E-state index in [0.717, 1.165) is 5.56 Å². The number of rotatable bonds is 4. The Bertz CT molecular complexity index is 354. The van der Waals surface area contributed by atoms with Gasteiger partial charge in [0.25, 0.3) is 7.52 Å². The fraction of sp³-hybridized carbons (Fsp3) is 0.538. The van der Waals surface area contributed by atoms with Gasteiger partial charge in [0.2, 0.25) is 0 Å². The zero-order valence-corrected chi connectivity index (χ0v) is 12.6. The van der Waals surface area contributed by atoms with Gasteiger partial charge >= 0.3 is 0 Å². The lowest BCUT2D eigenvalue weighted by atomic mass is 10.1. The Kier molecular flexibility index (Phi) is 7.37. The zero-order chi connectivity index (χ0) is 13.5. The third-order valence-electron chi connectivity index (χ3n) is 2.75. The molecular weight excluding hydrogens is 233 g/mol. The summed E-state index contributed by atoms with van der Waals surface area (Å²) in [7, 11) is 0.650. The Morgan fingerprint density at radius 1 is 1.24 bits per heavy atom. The molecule has 0 heterocycles. The number of hydrogen-bond acceptors (Lipinski definition) is 2. The van der Waals surface area contributed by atoms with Gasteiger partial charge in [0.1, 0.15) is 0 Å². The van der Waals surface area contributed by atoms with E-state index < -0.39 is 7.52 Å². The third kappa shape index (κ3) is 4.63. The topological polar surface area (TPSA) is 29.5 Å². The van der Waals surface area contributed by atoms with E-state index in [-0.39, 0.29) is 6.04 Å². The van der Waals surface area contributed by atoms with Gasteiger partial charge in [0, 0.05) is 19.8 Å². The molecule has 0 bridgehead atoms. The van der Waals surface area contributed by atoms with Gasteiger partial charge in [-0.25, -0.2) is 4.67 Å². The minimum absolute atomic E-state index is 0.0852. The molecule has 0 radical (unpaired) electrons. The molecule has 2 atom stereocenters. The van der Waals surface area contributed by atoms with E-state index in [1.54, 1.807) is 11.3 Å². The van der Waals surface area contributed by atoms with Crippen molar-refractivity contribution in [1.29, 1.82) is 0 Å². The SMILES string of the molecule is CC.COP(C)(=O)N(C)C(C)c1ccccc1. The first kappa shape index (κ1) is 16.4. The van der Waals surface area contributed by atoms with Crippen LogP contribution in [0.1, 0.15) is 32.4 Å². The molecule has 4 heteroatoms. The van der Waals surface area contributed by atoms with E-state index in [1.165, 1.54) is 7.11 Å². The molecule has 0 N–H and O–H groups in total. The van der Waals surface area contributed by atoms with Crippen LogP contribution in [0.5, 0.6) is 0 Å². The highest BCUT2D eigenvalue weighted by atomic mass is 31.2. The van der Waals surface area contributed by atoms with E-state index >= 15 is 0 Å². The fourth-order valence-corrected chi connectivity index (χ4v) is 2.41. The molecule has 1 aromatic rings. The number of benzene rings is 1. The molecule has 1 aromatic carbocycles. The molecule has 1 rings (SSSR count). The van der Waals surface area contributed by atoms with Gasteiger partial charge in [0.15, 0.2) is 0 Å². The summed E-state index contributed by atoms with van der Waals surface area (Å²) >= 11 is 0. The second-order valence-corrected chi connectivity index (χ2v) is 6.25. The lowest BCUT2D eigenvalue weighted by molar-refractivity contribution is 0.303. The summed E-state index contributed by atoms with van der Waals surface area (Å²) in [6.45, 7) is 7.65. The molecule has 2 unspecified atom stereocenters. The quantitative estimate of drug-likeness (QED) is 0.758. The van der Waals surface area contributed by atoms with Gasteiger partial charge in [-0.1, -0.05) is 44.2 Å². The van der Waals surface area contributed by atoms with Crippen molar-refractivity contribution in [3.63, 3.8) is 0 Å². The molecule has 0 aromatic heterocycles.